The van der Waals surface area contributed by atoms with Crippen LogP contribution in [0.3, 0.4) is 0 Å². The van der Waals surface area contributed by atoms with Gasteiger partial charge in [-0.25, -0.2) is 13.8 Å². The van der Waals surface area contributed by atoms with Crippen molar-refractivity contribution in [2.75, 3.05) is 17.5 Å². The van der Waals surface area contributed by atoms with E-state index in [0.717, 1.165) is 9.87 Å². The molecule has 0 bridgehead atoms. The van der Waals surface area contributed by atoms with Gasteiger partial charge in [-0.15, -0.1) is 0 Å². The molecule has 0 aliphatic heterocycles. The lowest BCUT2D eigenvalue weighted by Gasteiger charge is -2.24. The minimum absolute atomic E-state index is 0.0311. The van der Waals surface area contributed by atoms with E-state index in [2.05, 4.69) is 10.5 Å². The highest BCUT2D eigenvalue weighted by Crippen LogP contribution is 2.25. The summed E-state index contributed by atoms with van der Waals surface area (Å²) >= 11 is 11.9. The second kappa shape index (κ2) is 11.4. The number of aryl methyl sites for hydroxylation is 1. The summed E-state index contributed by atoms with van der Waals surface area (Å²) in [7, 11) is -4.05. The van der Waals surface area contributed by atoms with Gasteiger partial charge in [-0.2, -0.15) is 5.10 Å². The maximum absolute atomic E-state index is 13.4. The lowest BCUT2D eigenvalue weighted by molar-refractivity contribution is -0.119. The van der Waals surface area contributed by atoms with Crippen LogP contribution in [0.2, 0.25) is 10.0 Å². The predicted molar refractivity (Wildman–Crippen MR) is 136 cm³/mol. The van der Waals surface area contributed by atoms with Crippen LogP contribution >= 0.6 is 23.2 Å². The molecule has 0 aliphatic carbocycles. The molecule has 1 N–H and O–H groups in total. The van der Waals surface area contributed by atoms with Crippen molar-refractivity contribution < 1.29 is 17.9 Å². The van der Waals surface area contributed by atoms with Crippen LogP contribution in [0.25, 0.3) is 0 Å². The molecule has 0 spiro atoms. The molecule has 0 unspecified atom stereocenters. The molecule has 3 rings (SSSR count). The third-order valence-corrected chi connectivity index (χ3v) is 7.21. The highest BCUT2D eigenvalue weighted by molar-refractivity contribution is 7.92. The number of halogens is 2. The van der Waals surface area contributed by atoms with Crippen LogP contribution in [0.1, 0.15) is 18.1 Å². The molecule has 3 aromatic carbocycles. The second-order valence-electron chi connectivity index (χ2n) is 7.22. The summed E-state index contributed by atoms with van der Waals surface area (Å²) < 4.78 is 33.3. The van der Waals surface area contributed by atoms with Crippen LogP contribution in [0, 0.1) is 6.92 Å². The van der Waals surface area contributed by atoms with Crippen LogP contribution in [0.5, 0.6) is 5.75 Å². The molecular formula is C24H23Cl2N3O4S. The van der Waals surface area contributed by atoms with Gasteiger partial charge < -0.3 is 4.74 Å². The molecule has 0 fully saturated rings. The third-order valence-electron chi connectivity index (χ3n) is 4.68. The summed E-state index contributed by atoms with van der Waals surface area (Å²) in [6.07, 6.45) is 1.39. The Balaban J connectivity index is 1.82. The third kappa shape index (κ3) is 6.50. The van der Waals surface area contributed by atoms with Crippen molar-refractivity contribution in [3.63, 3.8) is 0 Å². The molecule has 0 saturated carbocycles. The molecular weight excluding hydrogens is 497 g/mol. The number of hydrogen-bond donors (Lipinski definition) is 1. The van der Waals surface area contributed by atoms with Crippen LogP contribution in [0.15, 0.2) is 76.7 Å². The van der Waals surface area contributed by atoms with Gasteiger partial charge in [0.2, 0.25) is 0 Å². The maximum atomic E-state index is 13.4. The molecule has 0 radical (unpaired) electrons. The molecule has 1 amide bonds. The monoisotopic (exact) mass is 519 g/mol. The molecule has 3 aromatic rings. The van der Waals surface area contributed by atoms with Crippen molar-refractivity contribution in [2.45, 2.75) is 18.7 Å². The minimum Gasteiger partial charge on any atom is -0.494 e. The number of carbonyl (C=O) groups excluding carboxylic acids is 1. The Morgan fingerprint density at radius 2 is 1.71 bits per heavy atom. The number of carbonyl (C=O) groups is 1. The van der Waals surface area contributed by atoms with Crippen LogP contribution in [-0.2, 0) is 14.8 Å². The Kier molecular flexibility index (Phi) is 8.55. The molecule has 10 heteroatoms. The fourth-order valence-corrected chi connectivity index (χ4v) is 4.69. The Bertz CT molecular complexity index is 1280. The van der Waals surface area contributed by atoms with E-state index in [1.54, 1.807) is 54.6 Å². The summed E-state index contributed by atoms with van der Waals surface area (Å²) in [5, 5.41) is 4.65. The van der Waals surface area contributed by atoms with E-state index in [0.29, 0.717) is 33.7 Å². The highest BCUT2D eigenvalue weighted by Gasteiger charge is 2.27. The zero-order chi connectivity index (χ0) is 24.7. The Hall–Kier alpha value is -3.07. The van der Waals surface area contributed by atoms with Crippen molar-refractivity contribution in [3.05, 3.63) is 87.9 Å². The second-order valence-corrected chi connectivity index (χ2v) is 9.90. The smallest absolute Gasteiger partial charge is 0.264 e. The van der Waals surface area contributed by atoms with Gasteiger partial charge >= 0.3 is 0 Å². The van der Waals surface area contributed by atoms with Gasteiger partial charge in [0.1, 0.15) is 12.3 Å². The van der Waals surface area contributed by atoms with Crippen LogP contribution in [0.4, 0.5) is 5.69 Å². The molecule has 0 aromatic heterocycles. The molecule has 34 heavy (non-hydrogen) atoms. The fourth-order valence-electron chi connectivity index (χ4n) is 2.97. The van der Waals surface area contributed by atoms with Gasteiger partial charge in [-0.05, 0) is 67.9 Å². The first-order valence-electron chi connectivity index (χ1n) is 10.3. The van der Waals surface area contributed by atoms with Gasteiger partial charge in [0.05, 0.1) is 33.4 Å². The standard InChI is InChI=1S/C24H23Cl2N3O4S/c1-3-33-20-9-11-21(12-10-20)34(31,32)29(19-7-4-17(2)5-8-19)16-24(30)28-27-15-18-6-13-22(25)23(26)14-18/h4-15H,3,16H2,1-2H3,(H,28,30)/b27-15-. The molecule has 0 heterocycles. The number of amides is 1. The predicted octanol–water partition coefficient (Wildman–Crippen LogP) is 5.05. The number of sulfonamides is 1. The van der Waals surface area contributed by atoms with E-state index in [-0.39, 0.29) is 4.90 Å². The largest absolute Gasteiger partial charge is 0.494 e. The molecule has 7 nitrogen and oxygen atoms in total. The summed E-state index contributed by atoms with van der Waals surface area (Å²) in [5.74, 6) is -0.0656. The van der Waals surface area contributed by atoms with Crippen molar-refractivity contribution in [1.29, 1.82) is 0 Å². The first kappa shape index (κ1) is 25.6. The van der Waals surface area contributed by atoms with Crippen molar-refractivity contribution in [1.82, 2.24) is 5.43 Å². The number of nitrogens with one attached hydrogen (secondary N) is 1. The number of nitrogens with zero attached hydrogens (tertiary/aromatic N) is 2. The first-order valence-corrected chi connectivity index (χ1v) is 12.5. The number of hydrogen-bond acceptors (Lipinski definition) is 5. The minimum atomic E-state index is -4.05. The van der Waals surface area contributed by atoms with Crippen LogP contribution in [-0.4, -0.2) is 33.7 Å². The summed E-state index contributed by atoms with van der Waals surface area (Å²) in [6, 6.07) is 17.8. The zero-order valence-corrected chi connectivity index (χ0v) is 20.9. The Morgan fingerprint density at radius 3 is 2.32 bits per heavy atom. The first-order chi connectivity index (χ1) is 16.2. The number of ether oxygens (including phenoxy) is 1. The van der Waals surface area contributed by atoms with E-state index in [9.17, 15) is 13.2 Å². The average Bonchev–Trinajstić information content (AvgIpc) is 2.81. The van der Waals surface area contributed by atoms with Gasteiger partial charge in [0.25, 0.3) is 15.9 Å². The Morgan fingerprint density at radius 1 is 1.03 bits per heavy atom. The van der Waals surface area contributed by atoms with E-state index in [1.807, 2.05) is 13.8 Å². The number of rotatable bonds is 9. The normalized spacial score (nSPS) is 11.4. The van der Waals surface area contributed by atoms with Crippen molar-refractivity contribution in [2.24, 2.45) is 5.10 Å². The lowest BCUT2D eigenvalue weighted by Crippen LogP contribution is -2.39. The molecule has 0 saturated heterocycles. The van der Waals surface area contributed by atoms with Crippen molar-refractivity contribution >= 4 is 51.0 Å². The molecule has 178 valence electrons. The zero-order valence-electron chi connectivity index (χ0n) is 18.5. The van der Waals surface area contributed by atoms with E-state index in [4.69, 9.17) is 27.9 Å². The number of benzene rings is 3. The maximum Gasteiger partial charge on any atom is 0.264 e. The SMILES string of the molecule is CCOc1ccc(S(=O)(=O)N(CC(=O)N/N=C\c2ccc(Cl)c(Cl)c2)c2ccc(C)cc2)cc1. The van der Waals surface area contributed by atoms with Gasteiger partial charge in [0, 0.05) is 0 Å². The average molecular weight is 520 g/mol. The van der Waals surface area contributed by atoms with Crippen LogP contribution < -0.4 is 14.5 Å². The van der Waals surface area contributed by atoms with E-state index in [1.165, 1.54) is 18.3 Å². The number of hydrazone groups is 1. The summed E-state index contributed by atoms with van der Waals surface area (Å²) in [5.41, 5.74) is 4.28. The summed E-state index contributed by atoms with van der Waals surface area (Å²) in [4.78, 5) is 12.7. The Labute approximate surface area is 209 Å². The molecule has 0 atom stereocenters. The quantitative estimate of drug-likeness (QED) is 0.316. The molecule has 0 aliphatic rings. The van der Waals surface area contributed by atoms with Gasteiger partial charge in [-0.3, -0.25) is 9.10 Å². The van der Waals surface area contributed by atoms with E-state index < -0.39 is 22.5 Å². The topological polar surface area (TPSA) is 88.1 Å². The number of anilines is 1. The van der Waals surface area contributed by atoms with E-state index >= 15 is 0 Å². The van der Waals surface area contributed by atoms with Crippen molar-refractivity contribution in [3.8, 4) is 5.75 Å². The fraction of sp³-hybridized carbons (Fsp3) is 0.167. The van der Waals surface area contributed by atoms with Gasteiger partial charge in [-0.1, -0.05) is 47.0 Å². The summed E-state index contributed by atoms with van der Waals surface area (Å²) in [6.45, 7) is 3.72. The lowest BCUT2D eigenvalue weighted by atomic mass is 10.2. The van der Waals surface area contributed by atoms with Gasteiger partial charge in [0.15, 0.2) is 0 Å². The highest BCUT2D eigenvalue weighted by atomic mass is 35.5.